The maximum atomic E-state index is 13.1. The quantitative estimate of drug-likeness (QED) is 0.786. The lowest BCUT2D eigenvalue weighted by molar-refractivity contribution is -0.139. The molecule has 3 rings (SSSR count). The summed E-state index contributed by atoms with van der Waals surface area (Å²) in [4.78, 5) is 31.6. The second-order valence-electron chi connectivity index (χ2n) is 7.78. The summed E-state index contributed by atoms with van der Waals surface area (Å²) in [6.45, 7) is 4.60. The zero-order valence-corrected chi connectivity index (χ0v) is 17.4. The van der Waals surface area contributed by atoms with Crippen molar-refractivity contribution in [2.75, 3.05) is 13.1 Å². The predicted molar refractivity (Wildman–Crippen MR) is 111 cm³/mol. The highest BCUT2D eigenvalue weighted by Gasteiger charge is 2.38. The minimum absolute atomic E-state index is 0.0612. The lowest BCUT2D eigenvalue weighted by atomic mass is 9.87. The maximum Gasteiger partial charge on any atom is 0.251 e. The molecule has 0 spiro atoms. The molecule has 7 heteroatoms. The lowest BCUT2D eigenvalue weighted by Crippen LogP contribution is -2.54. The van der Waals surface area contributed by atoms with Gasteiger partial charge >= 0.3 is 0 Å². The van der Waals surface area contributed by atoms with Crippen molar-refractivity contribution in [3.05, 3.63) is 64.9 Å². The normalized spacial score (nSPS) is 17.1. The SMILES string of the molecule is CC(C)[C@H](NC(=O)c1ccccc1)C(=O)N1CCC(O)(c2ccc(Cl)cn2)CC1. The Balaban J connectivity index is 1.65. The van der Waals surface area contributed by atoms with Gasteiger partial charge in [0.15, 0.2) is 0 Å². The van der Waals surface area contributed by atoms with E-state index < -0.39 is 11.6 Å². The fourth-order valence-electron chi connectivity index (χ4n) is 3.53. The van der Waals surface area contributed by atoms with Crippen LogP contribution in [0.3, 0.4) is 0 Å². The second kappa shape index (κ2) is 8.93. The van der Waals surface area contributed by atoms with Crippen LogP contribution < -0.4 is 5.32 Å². The van der Waals surface area contributed by atoms with E-state index in [-0.39, 0.29) is 17.7 Å². The summed E-state index contributed by atoms with van der Waals surface area (Å²) in [7, 11) is 0. The van der Waals surface area contributed by atoms with E-state index in [1.54, 1.807) is 41.3 Å². The topological polar surface area (TPSA) is 82.5 Å². The van der Waals surface area contributed by atoms with Gasteiger partial charge in [-0.2, -0.15) is 0 Å². The highest BCUT2D eigenvalue weighted by molar-refractivity contribution is 6.30. The minimum Gasteiger partial charge on any atom is -0.383 e. The van der Waals surface area contributed by atoms with E-state index in [1.807, 2.05) is 19.9 Å². The Hall–Kier alpha value is -2.44. The third-order valence-corrected chi connectivity index (χ3v) is 5.59. The van der Waals surface area contributed by atoms with Crippen LogP contribution in [0.15, 0.2) is 48.7 Å². The number of carbonyl (C=O) groups excluding carboxylic acids is 2. The van der Waals surface area contributed by atoms with Gasteiger partial charge in [-0.15, -0.1) is 0 Å². The van der Waals surface area contributed by atoms with E-state index in [1.165, 1.54) is 6.20 Å². The minimum atomic E-state index is -1.08. The van der Waals surface area contributed by atoms with Gasteiger partial charge in [0.25, 0.3) is 5.91 Å². The van der Waals surface area contributed by atoms with Crippen molar-refractivity contribution >= 4 is 23.4 Å². The first-order chi connectivity index (χ1) is 13.8. The van der Waals surface area contributed by atoms with Crippen LogP contribution >= 0.6 is 11.6 Å². The second-order valence-corrected chi connectivity index (χ2v) is 8.22. The van der Waals surface area contributed by atoms with E-state index in [0.717, 1.165) is 0 Å². The number of aliphatic hydroxyl groups is 1. The van der Waals surface area contributed by atoms with Crippen molar-refractivity contribution in [1.29, 1.82) is 0 Å². The molecule has 1 atom stereocenters. The van der Waals surface area contributed by atoms with E-state index >= 15 is 0 Å². The first-order valence-electron chi connectivity index (χ1n) is 9.79. The molecule has 2 N–H and O–H groups in total. The number of hydrogen-bond donors (Lipinski definition) is 2. The zero-order chi connectivity index (χ0) is 21.0. The number of nitrogens with one attached hydrogen (secondary N) is 1. The highest BCUT2D eigenvalue weighted by Crippen LogP contribution is 2.32. The van der Waals surface area contributed by atoms with Crippen LogP contribution in [0.1, 0.15) is 42.7 Å². The Morgan fingerprint density at radius 3 is 2.34 bits per heavy atom. The Morgan fingerprint density at radius 2 is 1.79 bits per heavy atom. The van der Waals surface area contributed by atoms with E-state index in [0.29, 0.717) is 42.2 Å². The molecule has 0 radical (unpaired) electrons. The van der Waals surface area contributed by atoms with Crippen LogP contribution in [-0.2, 0) is 10.4 Å². The molecule has 2 heterocycles. The molecule has 1 saturated heterocycles. The van der Waals surface area contributed by atoms with Gasteiger partial charge in [0.2, 0.25) is 5.91 Å². The number of rotatable bonds is 5. The van der Waals surface area contributed by atoms with Gasteiger partial charge in [-0.3, -0.25) is 14.6 Å². The van der Waals surface area contributed by atoms with Gasteiger partial charge in [-0.05, 0) is 43.0 Å². The molecule has 2 amide bonds. The maximum absolute atomic E-state index is 13.1. The molecule has 1 aromatic carbocycles. The molecule has 29 heavy (non-hydrogen) atoms. The molecule has 0 saturated carbocycles. The number of pyridine rings is 1. The fraction of sp³-hybridized carbons (Fsp3) is 0.409. The number of piperidine rings is 1. The molecule has 1 aliphatic heterocycles. The van der Waals surface area contributed by atoms with Crippen molar-refractivity contribution in [1.82, 2.24) is 15.2 Å². The van der Waals surface area contributed by atoms with E-state index in [2.05, 4.69) is 10.3 Å². The van der Waals surface area contributed by atoms with Gasteiger partial charge in [0, 0.05) is 24.8 Å². The summed E-state index contributed by atoms with van der Waals surface area (Å²) < 4.78 is 0. The number of hydrogen-bond acceptors (Lipinski definition) is 4. The molecule has 6 nitrogen and oxygen atoms in total. The zero-order valence-electron chi connectivity index (χ0n) is 16.6. The molecule has 1 aliphatic rings. The Bertz CT molecular complexity index is 847. The molecule has 154 valence electrons. The number of nitrogens with zero attached hydrogens (tertiary/aromatic N) is 2. The molecule has 1 fully saturated rings. The molecule has 1 aromatic heterocycles. The van der Waals surface area contributed by atoms with Gasteiger partial charge < -0.3 is 15.3 Å². The molecule has 0 bridgehead atoms. The van der Waals surface area contributed by atoms with Crippen LogP contribution in [0.25, 0.3) is 0 Å². The van der Waals surface area contributed by atoms with Crippen molar-refractivity contribution in [2.45, 2.75) is 38.3 Å². The summed E-state index contributed by atoms with van der Waals surface area (Å²) in [5, 5.41) is 14.3. The van der Waals surface area contributed by atoms with Gasteiger partial charge in [0.1, 0.15) is 11.6 Å². The van der Waals surface area contributed by atoms with Crippen molar-refractivity contribution in [3.63, 3.8) is 0 Å². The van der Waals surface area contributed by atoms with Gasteiger partial charge in [0.05, 0.1) is 10.7 Å². The molecular weight excluding hydrogens is 390 g/mol. The van der Waals surface area contributed by atoms with Gasteiger partial charge in [-0.1, -0.05) is 43.6 Å². The van der Waals surface area contributed by atoms with Crippen LogP contribution in [0, 0.1) is 5.92 Å². The Kier molecular flexibility index (Phi) is 6.55. The number of likely N-dealkylation sites (tertiary alicyclic amines) is 1. The summed E-state index contributed by atoms with van der Waals surface area (Å²) in [6.07, 6.45) is 2.27. The predicted octanol–water partition coefficient (Wildman–Crippen LogP) is 3.00. The van der Waals surface area contributed by atoms with Crippen LogP contribution in [0.4, 0.5) is 0 Å². The van der Waals surface area contributed by atoms with Crippen molar-refractivity contribution in [3.8, 4) is 0 Å². The number of halogens is 1. The Labute approximate surface area is 175 Å². The van der Waals surface area contributed by atoms with Crippen molar-refractivity contribution < 1.29 is 14.7 Å². The first-order valence-corrected chi connectivity index (χ1v) is 10.2. The highest BCUT2D eigenvalue weighted by atomic mass is 35.5. The average Bonchev–Trinajstić information content (AvgIpc) is 2.72. The van der Waals surface area contributed by atoms with Crippen LogP contribution in [-0.4, -0.2) is 45.9 Å². The third kappa shape index (κ3) is 4.95. The number of amides is 2. The number of benzene rings is 1. The Morgan fingerprint density at radius 1 is 1.14 bits per heavy atom. The van der Waals surface area contributed by atoms with Crippen LogP contribution in [0.5, 0.6) is 0 Å². The first kappa shape index (κ1) is 21.3. The van der Waals surface area contributed by atoms with Crippen molar-refractivity contribution in [2.24, 2.45) is 5.92 Å². The summed E-state index contributed by atoms with van der Waals surface area (Å²) in [6, 6.07) is 11.7. The standard InChI is InChI=1S/C22H26ClN3O3/c1-15(2)19(25-20(27)16-6-4-3-5-7-16)21(28)26-12-10-22(29,11-13-26)18-9-8-17(23)14-24-18/h3-9,14-15,19,29H,10-13H2,1-2H3,(H,25,27)/t19-/m0/s1. The summed E-state index contributed by atoms with van der Waals surface area (Å²) in [5.41, 5.74) is 0.00157. The monoisotopic (exact) mass is 415 g/mol. The molecule has 0 aliphatic carbocycles. The molecule has 2 aromatic rings. The molecular formula is C22H26ClN3O3. The van der Waals surface area contributed by atoms with E-state index in [9.17, 15) is 14.7 Å². The average molecular weight is 416 g/mol. The lowest BCUT2D eigenvalue weighted by Gasteiger charge is -2.39. The largest absolute Gasteiger partial charge is 0.383 e. The van der Waals surface area contributed by atoms with Gasteiger partial charge in [-0.25, -0.2) is 0 Å². The summed E-state index contributed by atoms with van der Waals surface area (Å²) >= 11 is 5.88. The number of carbonyl (C=O) groups is 2. The third-order valence-electron chi connectivity index (χ3n) is 5.36. The number of aromatic nitrogens is 1. The fourth-order valence-corrected chi connectivity index (χ4v) is 3.64. The summed E-state index contributed by atoms with van der Waals surface area (Å²) in [5.74, 6) is -0.458. The smallest absolute Gasteiger partial charge is 0.251 e. The van der Waals surface area contributed by atoms with E-state index in [4.69, 9.17) is 11.6 Å². The van der Waals surface area contributed by atoms with Crippen LogP contribution in [0.2, 0.25) is 5.02 Å². The molecule has 0 unspecified atom stereocenters.